The number of carbonyl (C=O) groups excluding carboxylic acids is 3. The molecule has 0 heterocycles. The average Bonchev–Trinajstić information content (AvgIpc) is 2.84. The minimum atomic E-state index is -1.44. The van der Waals surface area contributed by atoms with E-state index >= 15 is 0 Å². The van der Waals surface area contributed by atoms with Gasteiger partial charge in [0.15, 0.2) is 11.5 Å². The molecule has 0 aromatic heterocycles. The zero-order chi connectivity index (χ0) is 30.1. The van der Waals surface area contributed by atoms with Gasteiger partial charge in [-0.3, -0.25) is 4.79 Å². The lowest BCUT2D eigenvalue weighted by Gasteiger charge is -2.31. The Morgan fingerprint density at radius 3 is 1.79 bits per heavy atom. The summed E-state index contributed by atoms with van der Waals surface area (Å²) in [5.41, 5.74) is 4.69. The Kier molecular flexibility index (Phi) is 12.0. The van der Waals surface area contributed by atoms with Crippen LogP contribution in [0.25, 0.3) is 0 Å². The highest BCUT2D eigenvalue weighted by atomic mass is 16.8. The number of carbonyl (C=O) groups is 4. The fraction of sp³-hybridized carbons (Fsp3) is 0.630. The van der Waals surface area contributed by atoms with Gasteiger partial charge in [-0.25, -0.2) is 14.4 Å². The van der Waals surface area contributed by atoms with Gasteiger partial charge in [-0.2, -0.15) is 0 Å². The molecule has 0 aliphatic carbocycles. The molecule has 0 saturated heterocycles. The second-order valence-electron chi connectivity index (χ2n) is 10.4. The minimum absolute atomic E-state index is 0.170. The molecule has 1 rings (SSSR count). The molecule has 220 valence electrons. The van der Waals surface area contributed by atoms with Gasteiger partial charge in [-0.15, -0.1) is 0 Å². The molecule has 0 fully saturated rings. The Bertz CT molecular complexity index is 1020. The quantitative estimate of drug-likeness (QED) is 0.191. The molecule has 39 heavy (non-hydrogen) atoms. The lowest BCUT2D eigenvalue weighted by atomic mass is 9.79. The van der Waals surface area contributed by atoms with E-state index in [4.69, 9.17) is 29.4 Å². The van der Waals surface area contributed by atoms with E-state index in [1.807, 2.05) is 13.8 Å². The highest BCUT2D eigenvalue weighted by Crippen LogP contribution is 2.38. The number of rotatable bonds is 12. The Balaban J connectivity index is 3.53. The second-order valence-corrected chi connectivity index (χ2v) is 10.4. The van der Waals surface area contributed by atoms with Crippen LogP contribution >= 0.6 is 0 Å². The van der Waals surface area contributed by atoms with Crippen LogP contribution in [0.2, 0.25) is 0 Å². The summed E-state index contributed by atoms with van der Waals surface area (Å²) in [6.45, 7) is 13.7. The second kappa shape index (κ2) is 14.0. The van der Waals surface area contributed by atoms with Crippen LogP contribution in [0.15, 0.2) is 18.2 Å². The summed E-state index contributed by atoms with van der Waals surface area (Å²) in [4.78, 5) is 48.6. The highest BCUT2D eigenvalue weighted by molar-refractivity contribution is 5.75. The lowest BCUT2D eigenvalue weighted by Crippen LogP contribution is -2.42. The molecule has 3 unspecified atom stereocenters. The van der Waals surface area contributed by atoms with E-state index in [1.54, 1.807) is 41.5 Å². The minimum Gasteiger partial charge on any atom is -0.480 e. The van der Waals surface area contributed by atoms with E-state index in [1.165, 1.54) is 18.2 Å². The van der Waals surface area contributed by atoms with Crippen molar-refractivity contribution in [3.63, 3.8) is 0 Å². The van der Waals surface area contributed by atoms with Crippen molar-refractivity contribution in [2.45, 2.75) is 97.5 Å². The number of carboxylic acids is 1. The van der Waals surface area contributed by atoms with Crippen LogP contribution in [-0.2, 0) is 23.7 Å². The molecule has 12 heteroatoms. The standard InChI is InChI=1S/C27H41NO11/c1-10-26(5,6)38-24(32)36-18-13-12-17(14-19(18)37-25(33)39-27(7,8)11-2)20(21(28)22(29)30)15(3)16(4)35-23(31)34-9/h12-16,20-21H,10-11,28H2,1-9H3,(H,29,30)/t15?,16?,20?,21-/m0/s1. The van der Waals surface area contributed by atoms with Gasteiger partial charge in [0.05, 0.1) is 7.11 Å². The van der Waals surface area contributed by atoms with Crippen molar-refractivity contribution in [3.05, 3.63) is 23.8 Å². The first-order chi connectivity index (χ1) is 18.0. The van der Waals surface area contributed by atoms with Crippen LogP contribution in [0.5, 0.6) is 11.5 Å². The third-order valence-corrected chi connectivity index (χ3v) is 6.59. The van der Waals surface area contributed by atoms with Gasteiger partial charge in [0.25, 0.3) is 0 Å². The van der Waals surface area contributed by atoms with Crippen LogP contribution in [0.4, 0.5) is 14.4 Å². The average molecular weight is 556 g/mol. The highest BCUT2D eigenvalue weighted by Gasteiger charge is 2.36. The van der Waals surface area contributed by atoms with Gasteiger partial charge < -0.3 is 39.3 Å². The predicted octanol–water partition coefficient (Wildman–Crippen LogP) is 5.40. The van der Waals surface area contributed by atoms with Crippen LogP contribution in [0, 0.1) is 5.92 Å². The van der Waals surface area contributed by atoms with Crippen molar-refractivity contribution in [1.82, 2.24) is 0 Å². The number of aliphatic carboxylic acids is 1. The summed E-state index contributed by atoms with van der Waals surface area (Å²) in [5, 5.41) is 9.70. The molecule has 4 atom stereocenters. The molecule has 0 radical (unpaired) electrons. The monoisotopic (exact) mass is 555 g/mol. The van der Waals surface area contributed by atoms with Gasteiger partial charge in [-0.05, 0) is 65.2 Å². The van der Waals surface area contributed by atoms with Crippen molar-refractivity contribution in [2.24, 2.45) is 11.7 Å². The molecule has 0 bridgehead atoms. The number of hydrogen-bond donors (Lipinski definition) is 2. The van der Waals surface area contributed by atoms with Crippen LogP contribution in [0.1, 0.15) is 79.7 Å². The summed E-state index contributed by atoms with van der Waals surface area (Å²) in [7, 11) is 1.15. The number of methoxy groups -OCH3 is 1. The summed E-state index contributed by atoms with van der Waals surface area (Å²) in [6, 6.07) is 2.67. The smallest absolute Gasteiger partial charge is 0.480 e. The maximum absolute atomic E-state index is 12.6. The molecule has 0 aliphatic rings. The largest absolute Gasteiger partial charge is 0.514 e. The first-order valence-electron chi connectivity index (χ1n) is 12.7. The van der Waals surface area contributed by atoms with Crippen molar-refractivity contribution < 1.29 is 52.7 Å². The predicted molar refractivity (Wildman–Crippen MR) is 140 cm³/mol. The normalized spacial score (nSPS) is 14.7. The van der Waals surface area contributed by atoms with E-state index in [0.717, 1.165) is 7.11 Å². The Labute approximate surface area is 229 Å². The van der Waals surface area contributed by atoms with E-state index in [0.29, 0.717) is 18.4 Å². The first kappa shape index (κ1) is 33.5. The van der Waals surface area contributed by atoms with E-state index in [9.17, 15) is 24.3 Å². The SMILES string of the molecule is CCC(C)(C)OC(=O)Oc1ccc(C(C(C)C(C)OC(=O)OC)[C@H](N)C(=O)O)cc1OC(=O)OC(C)(C)CC. The third-order valence-electron chi connectivity index (χ3n) is 6.59. The molecule has 0 spiro atoms. The Morgan fingerprint density at radius 2 is 1.36 bits per heavy atom. The van der Waals surface area contributed by atoms with Crippen LogP contribution < -0.4 is 15.2 Å². The summed E-state index contributed by atoms with van der Waals surface area (Å²) in [6.07, 6.45) is -2.85. The molecular weight excluding hydrogens is 514 g/mol. The van der Waals surface area contributed by atoms with Gasteiger partial charge >= 0.3 is 24.4 Å². The molecular formula is C27H41NO11. The molecule has 0 saturated carbocycles. The molecule has 0 aliphatic heterocycles. The number of ether oxygens (including phenoxy) is 6. The molecule has 1 aromatic carbocycles. The van der Waals surface area contributed by atoms with Crippen LogP contribution in [0.3, 0.4) is 0 Å². The van der Waals surface area contributed by atoms with Gasteiger partial charge in [0, 0.05) is 11.8 Å². The van der Waals surface area contributed by atoms with Crippen molar-refractivity contribution >= 4 is 24.4 Å². The maximum Gasteiger partial charge on any atom is 0.514 e. The fourth-order valence-corrected chi connectivity index (χ4v) is 3.30. The molecule has 0 amide bonds. The molecule has 1 aromatic rings. The topological polar surface area (TPSA) is 170 Å². The fourth-order valence-electron chi connectivity index (χ4n) is 3.30. The lowest BCUT2D eigenvalue weighted by molar-refractivity contribution is -0.139. The number of hydrogen-bond acceptors (Lipinski definition) is 11. The zero-order valence-corrected chi connectivity index (χ0v) is 24.1. The third kappa shape index (κ3) is 10.3. The molecule has 12 nitrogen and oxygen atoms in total. The Morgan fingerprint density at radius 1 is 0.872 bits per heavy atom. The van der Waals surface area contributed by atoms with Gasteiger partial charge in [0.1, 0.15) is 23.3 Å². The number of carboxylic acid groups (broad SMARTS) is 1. The zero-order valence-electron chi connectivity index (χ0n) is 24.1. The van der Waals surface area contributed by atoms with E-state index in [-0.39, 0.29) is 11.5 Å². The molecule has 3 N–H and O–H groups in total. The van der Waals surface area contributed by atoms with Crippen molar-refractivity contribution in [3.8, 4) is 11.5 Å². The van der Waals surface area contributed by atoms with Gasteiger partial charge in [-0.1, -0.05) is 26.8 Å². The summed E-state index contributed by atoms with van der Waals surface area (Å²) >= 11 is 0. The van der Waals surface area contributed by atoms with Crippen LogP contribution in [-0.4, -0.2) is 60.0 Å². The maximum atomic E-state index is 12.6. The number of nitrogens with two attached hydrogens (primary N) is 1. The summed E-state index contributed by atoms with van der Waals surface area (Å²) < 4.78 is 31.1. The van der Waals surface area contributed by atoms with E-state index in [2.05, 4.69) is 4.74 Å². The van der Waals surface area contributed by atoms with Crippen molar-refractivity contribution in [1.29, 1.82) is 0 Å². The number of benzene rings is 1. The first-order valence-corrected chi connectivity index (χ1v) is 12.7. The van der Waals surface area contributed by atoms with E-state index < -0.39 is 59.6 Å². The van der Waals surface area contributed by atoms with Crippen molar-refractivity contribution in [2.75, 3.05) is 7.11 Å². The Hall–Kier alpha value is -3.54. The van der Waals surface area contributed by atoms with Gasteiger partial charge in [0.2, 0.25) is 0 Å². The summed E-state index contributed by atoms with van der Waals surface area (Å²) in [5.74, 6) is -3.29.